The van der Waals surface area contributed by atoms with Crippen molar-refractivity contribution in [2.75, 3.05) is 5.32 Å². The molecule has 0 atom stereocenters. The van der Waals surface area contributed by atoms with Gasteiger partial charge in [0.15, 0.2) is 0 Å². The highest BCUT2D eigenvalue weighted by atomic mass is 16.1. The molecule has 0 saturated carbocycles. The summed E-state index contributed by atoms with van der Waals surface area (Å²) in [4.78, 5) is 33.5. The number of H-pyrrole nitrogens is 2. The zero-order chi connectivity index (χ0) is 24.5. The highest BCUT2D eigenvalue weighted by Gasteiger charge is 2.16. The van der Waals surface area contributed by atoms with E-state index in [-0.39, 0.29) is 5.91 Å². The number of pyridine rings is 4. The van der Waals surface area contributed by atoms with E-state index in [0.29, 0.717) is 17.8 Å². The van der Waals surface area contributed by atoms with Crippen LogP contribution in [0.1, 0.15) is 19.8 Å². The highest BCUT2D eigenvalue weighted by molar-refractivity contribution is 5.99. The number of anilines is 1. The molecule has 0 fully saturated rings. The Kier molecular flexibility index (Phi) is 5.42. The van der Waals surface area contributed by atoms with E-state index < -0.39 is 0 Å². The lowest BCUT2D eigenvalue weighted by Crippen LogP contribution is -2.10. The highest BCUT2D eigenvalue weighted by Crippen LogP contribution is 2.33. The number of fused-ring (bicyclic) bond motifs is 2. The molecule has 0 aromatic carbocycles. The second kappa shape index (κ2) is 9.03. The van der Waals surface area contributed by atoms with Gasteiger partial charge in [0.1, 0.15) is 11.2 Å². The maximum atomic E-state index is 12.0. The van der Waals surface area contributed by atoms with E-state index in [1.165, 1.54) is 0 Å². The van der Waals surface area contributed by atoms with Gasteiger partial charge in [-0.3, -0.25) is 24.8 Å². The Labute approximate surface area is 206 Å². The molecular formula is C27H22N8O. The first-order valence-electron chi connectivity index (χ1n) is 11.7. The summed E-state index contributed by atoms with van der Waals surface area (Å²) in [6, 6.07) is 13.6. The Morgan fingerprint density at radius 3 is 2.75 bits per heavy atom. The third-order valence-electron chi connectivity index (χ3n) is 5.94. The molecular weight excluding hydrogens is 452 g/mol. The van der Waals surface area contributed by atoms with Crippen LogP contribution >= 0.6 is 0 Å². The molecule has 6 aromatic rings. The van der Waals surface area contributed by atoms with Crippen LogP contribution in [0.4, 0.5) is 5.69 Å². The second-order valence-corrected chi connectivity index (χ2v) is 8.47. The van der Waals surface area contributed by atoms with Gasteiger partial charge in [-0.2, -0.15) is 5.10 Å². The van der Waals surface area contributed by atoms with E-state index in [9.17, 15) is 4.79 Å². The van der Waals surface area contributed by atoms with E-state index in [1.54, 1.807) is 24.8 Å². The molecule has 3 N–H and O–H groups in total. The average Bonchev–Trinajstić information content (AvgIpc) is 3.53. The van der Waals surface area contributed by atoms with Crippen LogP contribution in [0.3, 0.4) is 0 Å². The molecule has 0 radical (unpaired) electrons. The number of aromatic nitrogens is 7. The van der Waals surface area contributed by atoms with Gasteiger partial charge < -0.3 is 10.3 Å². The van der Waals surface area contributed by atoms with Crippen LogP contribution in [-0.2, 0) is 4.79 Å². The summed E-state index contributed by atoms with van der Waals surface area (Å²) in [6.07, 6.45) is 10.0. The van der Waals surface area contributed by atoms with Crippen molar-refractivity contribution >= 4 is 33.5 Å². The molecule has 0 aliphatic rings. The molecule has 6 aromatic heterocycles. The maximum Gasteiger partial charge on any atom is 0.224 e. The molecule has 9 nitrogen and oxygen atoms in total. The molecule has 0 aliphatic heterocycles. The summed E-state index contributed by atoms with van der Waals surface area (Å²) in [5, 5.41) is 11.5. The van der Waals surface area contributed by atoms with E-state index >= 15 is 0 Å². The summed E-state index contributed by atoms with van der Waals surface area (Å²) >= 11 is 0. The number of nitrogens with zero attached hydrogens (tertiary/aromatic N) is 5. The van der Waals surface area contributed by atoms with Crippen LogP contribution in [-0.4, -0.2) is 41.0 Å². The Morgan fingerprint density at radius 2 is 1.89 bits per heavy atom. The minimum absolute atomic E-state index is 0.0321. The monoisotopic (exact) mass is 474 g/mol. The number of amides is 1. The van der Waals surface area contributed by atoms with Crippen LogP contribution in [0.2, 0.25) is 0 Å². The minimum Gasteiger partial charge on any atom is -0.352 e. The fourth-order valence-corrected chi connectivity index (χ4v) is 4.25. The zero-order valence-corrected chi connectivity index (χ0v) is 19.5. The van der Waals surface area contributed by atoms with Crippen molar-refractivity contribution in [3.63, 3.8) is 0 Å². The standard InChI is InChI=1S/C27H22N8O/c1-2-5-25(36)31-17-10-16(12-28-13-17)20-7-8-22-26(33-20)27(35-34-22)23-11-18-19(14-29-15-24(18)32-23)21-6-3-4-9-30-21/h3-4,6-15,32H,2,5H2,1H3,(H,31,36)(H,34,35). The van der Waals surface area contributed by atoms with Crippen molar-refractivity contribution in [2.24, 2.45) is 0 Å². The van der Waals surface area contributed by atoms with E-state index in [1.807, 2.05) is 49.5 Å². The first kappa shape index (κ1) is 21.6. The van der Waals surface area contributed by atoms with E-state index in [2.05, 4.69) is 41.5 Å². The van der Waals surface area contributed by atoms with Crippen LogP contribution < -0.4 is 5.32 Å². The van der Waals surface area contributed by atoms with E-state index in [0.717, 1.165) is 56.6 Å². The maximum absolute atomic E-state index is 12.0. The molecule has 0 spiro atoms. The van der Waals surface area contributed by atoms with Gasteiger partial charge in [0.2, 0.25) is 5.91 Å². The molecule has 9 heteroatoms. The van der Waals surface area contributed by atoms with Crippen molar-refractivity contribution in [1.29, 1.82) is 0 Å². The molecule has 6 rings (SSSR count). The number of carbonyl (C=O) groups excluding carboxylic acids is 1. The van der Waals surface area contributed by atoms with Crippen molar-refractivity contribution in [2.45, 2.75) is 19.8 Å². The molecule has 1 amide bonds. The smallest absolute Gasteiger partial charge is 0.224 e. The predicted octanol–water partition coefficient (Wildman–Crippen LogP) is 5.36. The first-order valence-corrected chi connectivity index (χ1v) is 11.7. The Morgan fingerprint density at radius 1 is 0.972 bits per heavy atom. The molecule has 176 valence electrons. The first-order chi connectivity index (χ1) is 17.7. The number of aromatic amines is 2. The SMILES string of the molecule is CCCC(=O)Nc1cncc(-c2ccc3[nH]nc(-c4cc5c(-c6ccccn6)cncc5[nH]4)c3n2)c1. The van der Waals surface area contributed by atoms with Crippen LogP contribution in [0.25, 0.3) is 55.8 Å². The topological polar surface area (TPSA) is 125 Å². The van der Waals surface area contributed by atoms with Crippen molar-refractivity contribution in [1.82, 2.24) is 35.1 Å². The molecule has 0 unspecified atom stereocenters. The second-order valence-electron chi connectivity index (χ2n) is 8.47. The van der Waals surface area contributed by atoms with Gasteiger partial charge >= 0.3 is 0 Å². The normalized spacial score (nSPS) is 11.2. The number of hydrogen-bond donors (Lipinski definition) is 3. The van der Waals surface area contributed by atoms with E-state index in [4.69, 9.17) is 4.98 Å². The largest absolute Gasteiger partial charge is 0.352 e. The van der Waals surface area contributed by atoms with Gasteiger partial charge in [-0.05, 0) is 42.8 Å². The van der Waals surface area contributed by atoms with Crippen LogP contribution in [0, 0.1) is 0 Å². The number of nitrogens with one attached hydrogen (secondary N) is 3. The van der Waals surface area contributed by atoms with Gasteiger partial charge in [-0.1, -0.05) is 13.0 Å². The Bertz CT molecular complexity index is 1700. The number of rotatable bonds is 6. The van der Waals surface area contributed by atoms with Crippen molar-refractivity contribution in [3.05, 3.63) is 73.4 Å². The lowest BCUT2D eigenvalue weighted by Gasteiger charge is -2.06. The van der Waals surface area contributed by atoms with Gasteiger partial charge in [0, 0.05) is 41.5 Å². The Hall–Kier alpha value is -4.92. The number of carbonyl (C=O) groups is 1. The van der Waals surface area contributed by atoms with Gasteiger partial charge in [0.05, 0.1) is 46.2 Å². The van der Waals surface area contributed by atoms with Crippen molar-refractivity contribution < 1.29 is 4.79 Å². The third-order valence-corrected chi connectivity index (χ3v) is 5.94. The summed E-state index contributed by atoms with van der Waals surface area (Å²) < 4.78 is 0. The lowest BCUT2D eigenvalue weighted by atomic mass is 10.1. The van der Waals surface area contributed by atoms with Crippen molar-refractivity contribution in [3.8, 4) is 33.9 Å². The Balaban J connectivity index is 1.40. The molecule has 0 aliphatic carbocycles. The summed E-state index contributed by atoms with van der Waals surface area (Å²) in [5.74, 6) is -0.0321. The minimum atomic E-state index is -0.0321. The van der Waals surface area contributed by atoms with Gasteiger partial charge in [0.25, 0.3) is 0 Å². The zero-order valence-electron chi connectivity index (χ0n) is 19.5. The fourth-order valence-electron chi connectivity index (χ4n) is 4.25. The molecule has 0 bridgehead atoms. The summed E-state index contributed by atoms with van der Waals surface area (Å²) in [6.45, 7) is 1.97. The lowest BCUT2D eigenvalue weighted by molar-refractivity contribution is -0.116. The number of hydrogen-bond acceptors (Lipinski definition) is 6. The van der Waals surface area contributed by atoms with Crippen LogP contribution in [0.15, 0.2) is 73.4 Å². The average molecular weight is 475 g/mol. The van der Waals surface area contributed by atoms with Crippen LogP contribution in [0.5, 0.6) is 0 Å². The summed E-state index contributed by atoms with van der Waals surface area (Å²) in [7, 11) is 0. The molecule has 6 heterocycles. The third kappa shape index (κ3) is 3.96. The molecule has 36 heavy (non-hydrogen) atoms. The quantitative estimate of drug-likeness (QED) is 0.298. The van der Waals surface area contributed by atoms with Gasteiger partial charge in [-0.25, -0.2) is 4.98 Å². The fraction of sp³-hybridized carbons (Fsp3) is 0.111. The molecule has 0 saturated heterocycles. The van der Waals surface area contributed by atoms with Gasteiger partial charge in [-0.15, -0.1) is 0 Å². The predicted molar refractivity (Wildman–Crippen MR) is 139 cm³/mol. The summed E-state index contributed by atoms with van der Waals surface area (Å²) in [5.41, 5.74) is 7.94.